The molecule has 18 heavy (non-hydrogen) atoms. The third kappa shape index (κ3) is 9.01. The SMILES string of the molecule is CCCO[Si](CNCC)(OCCC)OCCC.N. The quantitative estimate of drug-likeness (QED) is 0.537. The van der Waals surface area contributed by atoms with Crippen LogP contribution in [0.1, 0.15) is 47.0 Å². The largest absolute Gasteiger partial charge is 0.515 e. The fourth-order valence-corrected chi connectivity index (χ4v) is 3.99. The van der Waals surface area contributed by atoms with Gasteiger partial charge in [0.2, 0.25) is 0 Å². The fourth-order valence-electron chi connectivity index (χ4n) is 1.33. The Kier molecular flexibility index (Phi) is 15.2. The molecule has 0 unspecified atom stereocenters. The van der Waals surface area contributed by atoms with Crippen LogP contribution in [0.15, 0.2) is 0 Å². The first-order chi connectivity index (χ1) is 8.24. The van der Waals surface area contributed by atoms with Gasteiger partial charge in [-0.3, -0.25) is 0 Å². The van der Waals surface area contributed by atoms with E-state index >= 15 is 0 Å². The summed E-state index contributed by atoms with van der Waals surface area (Å²) < 4.78 is 17.8. The Balaban J connectivity index is 0. The van der Waals surface area contributed by atoms with Gasteiger partial charge in [-0.15, -0.1) is 0 Å². The van der Waals surface area contributed by atoms with E-state index in [1.165, 1.54) is 0 Å². The summed E-state index contributed by atoms with van der Waals surface area (Å²) >= 11 is 0. The number of nitrogens with one attached hydrogen (secondary N) is 1. The Bertz CT molecular complexity index is 136. The van der Waals surface area contributed by atoms with Crippen LogP contribution in [-0.2, 0) is 13.3 Å². The summed E-state index contributed by atoms with van der Waals surface area (Å²) in [5.41, 5.74) is 0. The van der Waals surface area contributed by atoms with Crippen LogP contribution >= 0.6 is 0 Å². The summed E-state index contributed by atoms with van der Waals surface area (Å²) in [4.78, 5) is 0. The Morgan fingerprint density at radius 3 is 1.44 bits per heavy atom. The lowest BCUT2D eigenvalue weighted by atomic mass is 10.5. The van der Waals surface area contributed by atoms with Crippen molar-refractivity contribution in [3.63, 3.8) is 0 Å². The minimum atomic E-state index is -2.49. The first-order valence-corrected chi connectivity index (χ1v) is 8.80. The molecule has 0 fully saturated rings. The van der Waals surface area contributed by atoms with Gasteiger partial charge in [-0.05, 0) is 25.8 Å². The molecule has 0 amide bonds. The van der Waals surface area contributed by atoms with E-state index in [0.717, 1.165) is 25.8 Å². The average Bonchev–Trinajstić information content (AvgIpc) is 2.37. The maximum atomic E-state index is 5.92. The predicted octanol–water partition coefficient (Wildman–Crippen LogP) is 2.52. The van der Waals surface area contributed by atoms with Crippen LogP contribution < -0.4 is 11.5 Å². The molecule has 0 atom stereocenters. The molecule has 0 aromatic carbocycles. The smallest absolute Gasteiger partial charge is 0.373 e. The summed E-state index contributed by atoms with van der Waals surface area (Å²) in [5, 5.41) is 3.30. The number of hydrogen-bond donors (Lipinski definition) is 2. The highest BCUT2D eigenvalue weighted by molar-refractivity contribution is 6.60. The fraction of sp³-hybridized carbons (Fsp3) is 1.00. The third-order valence-corrected chi connectivity index (χ3v) is 4.78. The van der Waals surface area contributed by atoms with Crippen LogP contribution in [0.3, 0.4) is 0 Å². The zero-order valence-electron chi connectivity index (χ0n) is 12.6. The highest BCUT2D eigenvalue weighted by Crippen LogP contribution is 2.11. The zero-order valence-corrected chi connectivity index (χ0v) is 13.6. The first-order valence-electron chi connectivity index (χ1n) is 6.87. The van der Waals surface area contributed by atoms with Crippen molar-refractivity contribution < 1.29 is 13.3 Å². The van der Waals surface area contributed by atoms with Gasteiger partial charge in [0, 0.05) is 19.8 Å². The third-order valence-electron chi connectivity index (χ3n) is 2.17. The second kappa shape index (κ2) is 13.4. The van der Waals surface area contributed by atoms with Crippen molar-refractivity contribution in [1.29, 1.82) is 0 Å². The monoisotopic (exact) mass is 280 g/mol. The van der Waals surface area contributed by atoms with E-state index < -0.39 is 8.80 Å². The lowest BCUT2D eigenvalue weighted by Gasteiger charge is -2.29. The summed E-state index contributed by atoms with van der Waals surface area (Å²) in [5.74, 6) is 0. The van der Waals surface area contributed by atoms with Gasteiger partial charge in [-0.1, -0.05) is 27.7 Å². The van der Waals surface area contributed by atoms with Gasteiger partial charge >= 0.3 is 8.80 Å². The van der Waals surface area contributed by atoms with Crippen molar-refractivity contribution in [2.75, 3.05) is 32.5 Å². The van der Waals surface area contributed by atoms with Gasteiger partial charge < -0.3 is 24.7 Å². The second-order valence-corrected chi connectivity index (χ2v) is 6.59. The molecule has 0 heterocycles. The van der Waals surface area contributed by atoms with Crippen molar-refractivity contribution in [2.45, 2.75) is 47.0 Å². The maximum Gasteiger partial charge on any atom is 0.515 e. The molecule has 0 spiro atoms. The van der Waals surface area contributed by atoms with E-state index in [9.17, 15) is 0 Å². The molecule has 0 radical (unpaired) electrons. The minimum Gasteiger partial charge on any atom is -0.373 e. The van der Waals surface area contributed by atoms with Gasteiger partial charge in [0.25, 0.3) is 0 Å². The molecule has 112 valence electrons. The molecule has 0 aromatic rings. The molecule has 5 nitrogen and oxygen atoms in total. The van der Waals surface area contributed by atoms with Gasteiger partial charge in [0.1, 0.15) is 0 Å². The highest BCUT2D eigenvalue weighted by atomic mass is 28.4. The molecular formula is C12H32N2O3Si. The number of hydrogen-bond acceptors (Lipinski definition) is 5. The van der Waals surface area contributed by atoms with Crippen molar-refractivity contribution >= 4 is 8.80 Å². The van der Waals surface area contributed by atoms with E-state index in [-0.39, 0.29) is 6.15 Å². The van der Waals surface area contributed by atoms with E-state index in [4.69, 9.17) is 13.3 Å². The summed E-state index contributed by atoms with van der Waals surface area (Å²) in [6.45, 7) is 11.4. The first kappa shape index (κ1) is 20.3. The Hall–Kier alpha value is 0.0169. The van der Waals surface area contributed by atoms with Crippen molar-refractivity contribution in [2.24, 2.45) is 0 Å². The molecule has 0 aliphatic carbocycles. The van der Waals surface area contributed by atoms with Crippen molar-refractivity contribution in [3.05, 3.63) is 0 Å². The van der Waals surface area contributed by atoms with E-state index in [0.29, 0.717) is 26.0 Å². The zero-order chi connectivity index (χ0) is 13.0. The van der Waals surface area contributed by atoms with Crippen LogP contribution in [0, 0.1) is 0 Å². The van der Waals surface area contributed by atoms with Crippen LogP contribution in [0.4, 0.5) is 0 Å². The number of rotatable bonds is 12. The van der Waals surface area contributed by atoms with Crippen LogP contribution in [0.5, 0.6) is 0 Å². The van der Waals surface area contributed by atoms with Crippen LogP contribution in [-0.4, -0.2) is 41.3 Å². The van der Waals surface area contributed by atoms with Gasteiger partial charge in [-0.2, -0.15) is 0 Å². The molecule has 0 aliphatic heterocycles. The highest BCUT2D eigenvalue weighted by Gasteiger charge is 2.40. The van der Waals surface area contributed by atoms with Crippen molar-refractivity contribution in [1.82, 2.24) is 11.5 Å². The van der Waals surface area contributed by atoms with Gasteiger partial charge in [0.05, 0.1) is 6.17 Å². The maximum absolute atomic E-state index is 5.92. The molecule has 0 bridgehead atoms. The molecule has 6 heteroatoms. The molecule has 0 saturated heterocycles. The summed E-state index contributed by atoms with van der Waals surface area (Å²) in [6.07, 6.45) is 3.69. The van der Waals surface area contributed by atoms with Crippen molar-refractivity contribution in [3.8, 4) is 0 Å². The van der Waals surface area contributed by atoms with E-state index in [2.05, 4.69) is 33.0 Å². The van der Waals surface area contributed by atoms with Gasteiger partial charge in [0.15, 0.2) is 0 Å². The molecule has 0 aromatic heterocycles. The molecule has 0 aliphatic rings. The molecule has 0 saturated carbocycles. The van der Waals surface area contributed by atoms with E-state index in [1.807, 2.05) is 0 Å². The van der Waals surface area contributed by atoms with E-state index in [1.54, 1.807) is 0 Å². The predicted molar refractivity (Wildman–Crippen MR) is 78.0 cm³/mol. The second-order valence-electron chi connectivity index (χ2n) is 4.01. The Morgan fingerprint density at radius 1 is 0.778 bits per heavy atom. The standard InChI is InChI=1S/C12H29NO3Si.H3N/c1-5-9-14-17(12-13-8-4,15-10-6-2)16-11-7-3;/h13H,5-12H2,1-4H3;1H3. The summed E-state index contributed by atoms with van der Waals surface area (Å²) in [6, 6.07) is 0. The minimum absolute atomic E-state index is 0. The molecular weight excluding hydrogens is 248 g/mol. The molecule has 0 rings (SSSR count). The lowest BCUT2D eigenvalue weighted by Crippen LogP contribution is -2.54. The van der Waals surface area contributed by atoms with Gasteiger partial charge in [-0.25, -0.2) is 0 Å². The average molecular weight is 280 g/mol. The van der Waals surface area contributed by atoms with Crippen LogP contribution in [0.2, 0.25) is 0 Å². The lowest BCUT2D eigenvalue weighted by molar-refractivity contribution is 0.0583. The Morgan fingerprint density at radius 2 is 1.17 bits per heavy atom. The normalized spacial score (nSPS) is 11.3. The Labute approximate surface area is 114 Å². The molecule has 4 N–H and O–H groups in total. The topological polar surface area (TPSA) is 74.7 Å². The van der Waals surface area contributed by atoms with Crippen LogP contribution in [0.25, 0.3) is 0 Å². The summed E-state index contributed by atoms with van der Waals surface area (Å²) in [7, 11) is -2.49.